The molecular weight excluding hydrogens is 274 g/mol. The number of ether oxygens (including phenoxy) is 2. The van der Waals surface area contributed by atoms with E-state index >= 15 is 0 Å². The number of carbonyl (C=O) groups excluding carboxylic acids is 2. The summed E-state index contributed by atoms with van der Waals surface area (Å²) in [6, 6.07) is -0.534. The maximum Gasteiger partial charge on any atom is 0.409 e. The van der Waals surface area contributed by atoms with Crippen LogP contribution in [0.3, 0.4) is 0 Å². The second-order valence-corrected chi connectivity index (χ2v) is 5.17. The Hall–Kier alpha value is -1.34. The zero-order valence-corrected chi connectivity index (χ0v) is 13.0. The van der Waals surface area contributed by atoms with E-state index in [-0.39, 0.29) is 12.0 Å². The van der Waals surface area contributed by atoms with E-state index in [9.17, 15) is 9.59 Å². The van der Waals surface area contributed by atoms with Gasteiger partial charge in [-0.2, -0.15) is 0 Å². The zero-order valence-electron chi connectivity index (χ0n) is 13.0. The van der Waals surface area contributed by atoms with Gasteiger partial charge >= 0.3 is 6.09 Å². The molecule has 0 aromatic rings. The van der Waals surface area contributed by atoms with Crippen LogP contribution in [0.2, 0.25) is 0 Å². The molecule has 0 aliphatic carbocycles. The van der Waals surface area contributed by atoms with Gasteiger partial charge in [0.05, 0.1) is 12.6 Å². The lowest BCUT2D eigenvalue weighted by Gasteiger charge is -2.35. The van der Waals surface area contributed by atoms with Crippen LogP contribution in [0.25, 0.3) is 0 Å². The van der Waals surface area contributed by atoms with Gasteiger partial charge in [-0.05, 0) is 12.8 Å². The molecule has 122 valence electrons. The van der Waals surface area contributed by atoms with Gasteiger partial charge in [0, 0.05) is 39.9 Å². The number of hydrogen-bond acceptors (Lipinski definition) is 5. The maximum atomic E-state index is 12.1. The van der Waals surface area contributed by atoms with E-state index in [4.69, 9.17) is 15.2 Å². The van der Waals surface area contributed by atoms with E-state index in [1.807, 2.05) is 6.92 Å². The van der Waals surface area contributed by atoms with Crippen molar-refractivity contribution in [2.45, 2.75) is 32.2 Å². The lowest BCUT2D eigenvalue weighted by Crippen LogP contribution is -2.54. The van der Waals surface area contributed by atoms with Crippen LogP contribution in [0.4, 0.5) is 4.79 Å². The summed E-state index contributed by atoms with van der Waals surface area (Å²) in [4.78, 5) is 27.2. The molecule has 2 amide bonds. The third-order valence-electron chi connectivity index (χ3n) is 3.52. The highest BCUT2D eigenvalue weighted by Gasteiger charge is 2.27. The Labute approximate surface area is 126 Å². The van der Waals surface area contributed by atoms with E-state index in [0.717, 1.165) is 12.8 Å². The molecule has 0 spiro atoms. The molecule has 1 rings (SSSR count). The molecule has 1 saturated heterocycles. The maximum absolute atomic E-state index is 12.1. The average molecular weight is 301 g/mol. The summed E-state index contributed by atoms with van der Waals surface area (Å²) in [5.41, 5.74) is 5.83. The molecule has 0 bridgehead atoms. The van der Waals surface area contributed by atoms with E-state index in [1.165, 1.54) is 0 Å². The smallest absolute Gasteiger partial charge is 0.409 e. The second-order valence-electron chi connectivity index (χ2n) is 5.17. The Morgan fingerprint density at radius 3 is 2.33 bits per heavy atom. The summed E-state index contributed by atoms with van der Waals surface area (Å²) < 4.78 is 10.1. The number of rotatable bonds is 7. The molecule has 1 heterocycles. The van der Waals surface area contributed by atoms with Crippen LogP contribution >= 0.6 is 0 Å². The Kier molecular flexibility index (Phi) is 8.07. The lowest BCUT2D eigenvalue weighted by atomic mass is 10.2. The van der Waals surface area contributed by atoms with Gasteiger partial charge < -0.3 is 25.0 Å². The molecule has 7 heteroatoms. The van der Waals surface area contributed by atoms with E-state index in [0.29, 0.717) is 45.8 Å². The van der Waals surface area contributed by atoms with Gasteiger partial charge in [0.1, 0.15) is 0 Å². The first-order chi connectivity index (χ1) is 10.1. The second kappa shape index (κ2) is 9.57. The fourth-order valence-electron chi connectivity index (χ4n) is 2.11. The number of nitrogens with two attached hydrogens (primary N) is 1. The fraction of sp³-hybridized carbons (Fsp3) is 0.857. The van der Waals surface area contributed by atoms with Crippen molar-refractivity contribution in [2.24, 2.45) is 5.73 Å². The minimum absolute atomic E-state index is 0.0777. The third-order valence-corrected chi connectivity index (χ3v) is 3.52. The van der Waals surface area contributed by atoms with Crippen LogP contribution in [-0.2, 0) is 14.3 Å². The van der Waals surface area contributed by atoms with Gasteiger partial charge in [-0.15, -0.1) is 0 Å². The molecule has 1 fully saturated rings. The molecule has 0 radical (unpaired) electrons. The van der Waals surface area contributed by atoms with Crippen molar-refractivity contribution >= 4 is 12.0 Å². The SMILES string of the molecule is CCCCOC(=O)N1CCN(C(=O)[C@@H](N)CCOC)CC1. The number of methoxy groups -OCH3 is 1. The predicted octanol–water partition coefficient (Wildman–Crippen LogP) is 0.431. The Bertz CT molecular complexity index is 330. The third kappa shape index (κ3) is 5.89. The molecule has 2 N–H and O–H groups in total. The van der Waals surface area contributed by atoms with Gasteiger partial charge in [0.2, 0.25) is 5.91 Å². The van der Waals surface area contributed by atoms with Crippen molar-refractivity contribution < 1.29 is 19.1 Å². The first-order valence-corrected chi connectivity index (χ1v) is 7.55. The van der Waals surface area contributed by atoms with Gasteiger partial charge in [0.25, 0.3) is 0 Å². The minimum atomic E-state index is -0.534. The number of nitrogens with zero attached hydrogens (tertiary/aromatic N) is 2. The summed E-state index contributed by atoms with van der Waals surface area (Å²) in [6.45, 7) is 4.96. The molecule has 7 nitrogen and oxygen atoms in total. The molecule has 1 aliphatic rings. The van der Waals surface area contributed by atoms with Crippen LogP contribution in [0.15, 0.2) is 0 Å². The van der Waals surface area contributed by atoms with Gasteiger partial charge in [0.15, 0.2) is 0 Å². The lowest BCUT2D eigenvalue weighted by molar-refractivity contribution is -0.134. The number of carbonyl (C=O) groups is 2. The van der Waals surface area contributed by atoms with Crippen LogP contribution in [0.5, 0.6) is 0 Å². The van der Waals surface area contributed by atoms with Crippen LogP contribution < -0.4 is 5.73 Å². The molecule has 0 saturated carbocycles. The fourth-order valence-corrected chi connectivity index (χ4v) is 2.11. The van der Waals surface area contributed by atoms with Crippen molar-refractivity contribution in [3.05, 3.63) is 0 Å². The van der Waals surface area contributed by atoms with E-state index < -0.39 is 6.04 Å². The quantitative estimate of drug-likeness (QED) is 0.689. The Balaban J connectivity index is 2.31. The van der Waals surface area contributed by atoms with Crippen molar-refractivity contribution in [3.8, 4) is 0 Å². The molecular formula is C14H27N3O4. The number of unbranched alkanes of at least 4 members (excludes halogenated alkanes) is 1. The Morgan fingerprint density at radius 2 is 1.76 bits per heavy atom. The molecule has 0 aromatic heterocycles. The largest absolute Gasteiger partial charge is 0.449 e. The number of amides is 2. The highest BCUT2D eigenvalue weighted by Crippen LogP contribution is 2.07. The van der Waals surface area contributed by atoms with Crippen molar-refractivity contribution in [1.29, 1.82) is 0 Å². The average Bonchev–Trinajstić information content (AvgIpc) is 2.52. The highest BCUT2D eigenvalue weighted by atomic mass is 16.6. The van der Waals surface area contributed by atoms with Gasteiger partial charge in [-0.3, -0.25) is 4.79 Å². The molecule has 0 unspecified atom stereocenters. The molecule has 21 heavy (non-hydrogen) atoms. The number of piperazine rings is 1. The van der Waals surface area contributed by atoms with Crippen LogP contribution in [-0.4, -0.2) is 74.3 Å². The first kappa shape index (κ1) is 17.7. The first-order valence-electron chi connectivity index (χ1n) is 7.55. The summed E-state index contributed by atoms with van der Waals surface area (Å²) >= 11 is 0. The zero-order chi connectivity index (χ0) is 15.7. The highest BCUT2D eigenvalue weighted by molar-refractivity contribution is 5.82. The van der Waals surface area contributed by atoms with Gasteiger partial charge in [-0.25, -0.2) is 4.79 Å². The molecule has 0 aromatic carbocycles. The minimum Gasteiger partial charge on any atom is -0.449 e. The van der Waals surface area contributed by atoms with E-state index in [2.05, 4.69) is 0 Å². The van der Waals surface area contributed by atoms with Crippen molar-refractivity contribution in [2.75, 3.05) is 46.5 Å². The summed E-state index contributed by atoms with van der Waals surface area (Å²) in [7, 11) is 1.58. The van der Waals surface area contributed by atoms with Crippen molar-refractivity contribution in [3.63, 3.8) is 0 Å². The summed E-state index contributed by atoms with van der Waals surface area (Å²) in [5.74, 6) is -0.0777. The van der Waals surface area contributed by atoms with Crippen LogP contribution in [0.1, 0.15) is 26.2 Å². The molecule has 1 aliphatic heterocycles. The summed E-state index contributed by atoms with van der Waals surface area (Å²) in [6.07, 6.45) is 2.08. The number of hydrogen-bond donors (Lipinski definition) is 1. The molecule has 1 atom stereocenters. The van der Waals surface area contributed by atoms with E-state index in [1.54, 1.807) is 16.9 Å². The normalized spacial score (nSPS) is 16.7. The monoisotopic (exact) mass is 301 g/mol. The Morgan fingerprint density at radius 1 is 1.14 bits per heavy atom. The predicted molar refractivity (Wildman–Crippen MR) is 78.9 cm³/mol. The topological polar surface area (TPSA) is 85.1 Å². The summed E-state index contributed by atoms with van der Waals surface area (Å²) in [5, 5.41) is 0. The van der Waals surface area contributed by atoms with Crippen molar-refractivity contribution in [1.82, 2.24) is 9.80 Å². The van der Waals surface area contributed by atoms with Gasteiger partial charge in [-0.1, -0.05) is 13.3 Å². The standard InChI is InChI=1S/C14H27N3O4/c1-3-4-10-21-14(19)17-8-6-16(7-9-17)13(18)12(15)5-11-20-2/h12H,3-11,15H2,1-2H3/t12-/m0/s1. The van der Waals surface area contributed by atoms with Crippen LogP contribution in [0, 0.1) is 0 Å².